The Kier molecular flexibility index (Phi) is 5.71. The summed E-state index contributed by atoms with van der Waals surface area (Å²) in [5.41, 5.74) is 0.444. The highest BCUT2D eigenvalue weighted by Gasteiger charge is 2.08. The number of halogens is 2. The van der Waals surface area contributed by atoms with Crippen molar-refractivity contribution in [3.05, 3.63) is 53.5 Å². The monoisotopic (exact) mass is 297 g/mol. The summed E-state index contributed by atoms with van der Waals surface area (Å²) in [4.78, 5) is 0. The van der Waals surface area contributed by atoms with Crippen molar-refractivity contribution < 1.29 is 23.0 Å². The number of hydrogen-bond donors (Lipinski definition) is 2. The number of benzene rings is 1. The Labute approximate surface area is 121 Å². The van der Waals surface area contributed by atoms with Gasteiger partial charge in [-0.1, -0.05) is 0 Å². The van der Waals surface area contributed by atoms with Gasteiger partial charge in [0.15, 0.2) is 17.4 Å². The molecule has 1 aromatic carbocycles. The smallest absolute Gasteiger partial charge is 0.187 e. The van der Waals surface area contributed by atoms with Crippen LogP contribution in [0.1, 0.15) is 17.7 Å². The van der Waals surface area contributed by atoms with Crippen molar-refractivity contribution in [1.82, 2.24) is 5.32 Å². The first-order valence-electron chi connectivity index (χ1n) is 6.64. The van der Waals surface area contributed by atoms with Crippen LogP contribution >= 0.6 is 0 Å². The van der Waals surface area contributed by atoms with Gasteiger partial charge < -0.3 is 19.6 Å². The van der Waals surface area contributed by atoms with Gasteiger partial charge in [-0.25, -0.2) is 8.78 Å². The van der Waals surface area contributed by atoms with Crippen LogP contribution in [0.3, 0.4) is 0 Å². The third kappa shape index (κ3) is 4.84. The van der Waals surface area contributed by atoms with Gasteiger partial charge in [0.05, 0.1) is 6.26 Å². The van der Waals surface area contributed by atoms with E-state index in [9.17, 15) is 8.78 Å². The lowest BCUT2D eigenvalue weighted by Gasteiger charge is -2.07. The zero-order chi connectivity index (χ0) is 15.1. The molecule has 1 aromatic heterocycles. The van der Waals surface area contributed by atoms with Crippen molar-refractivity contribution in [1.29, 1.82) is 0 Å². The quantitative estimate of drug-likeness (QED) is 0.736. The first-order chi connectivity index (χ1) is 10.2. The van der Waals surface area contributed by atoms with E-state index < -0.39 is 17.4 Å². The van der Waals surface area contributed by atoms with E-state index in [2.05, 4.69) is 5.32 Å². The predicted octanol–water partition coefficient (Wildman–Crippen LogP) is 2.96. The fraction of sp³-hybridized carbons (Fsp3) is 0.333. The van der Waals surface area contributed by atoms with Crippen LogP contribution < -0.4 is 5.32 Å². The van der Waals surface area contributed by atoms with E-state index in [1.165, 1.54) is 0 Å². The lowest BCUT2D eigenvalue weighted by Crippen LogP contribution is -2.16. The number of furan rings is 1. The molecule has 0 aliphatic carbocycles. The van der Waals surface area contributed by atoms with Gasteiger partial charge in [0.2, 0.25) is 0 Å². The SMILES string of the molecule is Oc1c(F)cc(CNCCCOCc2ccco2)cc1F. The molecule has 0 saturated carbocycles. The normalized spacial score (nSPS) is 11.0. The molecule has 0 atom stereocenters. The van der Waals surface area contributed by atoms with Gasteiger partial charge >= 0.3 is 0 Å². The first kappa shape index (κ1) is 15.5. The minimum atomic E-state index is -0.950. The Morgan fingerprint density at radius 2 is 2.00 bits per heavy atom. The molecule has 6 heteroatoms. The van der Waals surface area contributed by atoms with Crippen molar-refractivity contribution >= 4 is 0 Å². The molecule has 0 unspecified atom stereocenters. The standard InChI is InChI=1S/C15H17F2NO3/c16-13-7-11(8-14(17)15(13)19)9-18-4-2-5-20-10-12-3-1-6-21-12/h1,3,6-8,18-19H,2,4-5,9-10H2. The van der Waals surface area contributed by atoms with E-state index in [4.69, 9.17) is 14.3 Å². The van der Waals surface area contributed by atoms with Crippen molar-refractivity contribution in [2.24, 2.45) is 0 Å². The van der Waals surface area contributed by atoms with E-state index in [0.717, 1.165) is 24.3 Å². The molecule has 114 valence electrons. The van der Waals surface area contributed by atoms with Crippen LogP contribution in [-0.4, -0.2) is 18.3 Å². The van der Waals surface area contributed by atoms with Crippen LogP contribution in [0.25, 0.3) is 0 Å². The lowest BCUT2D eigenvalue weighted by molar-refractivity contribution is 0.104. The second kappa shape index (κ2) is 7.75. The zero-order valence-electron chi connectivity index (χ0n) is 11.4. The van der Waals surface area contributed by atoms with Gasteiger partial charge in [-0.05, 0) is 42.8 Å². The molecule has 0 fully saturated rings. The molecule has 0 aliphatic heterocycles. The molecule has 2 aromatic rings. The zero-order valence-corrected chi connectivity index (χ0v) is 11.4. The molecule has 4 nitrogen and oxygen atoms in total. The summed E-state index contributed by atoms with van der Waals surface area (Å²) < 4.78 is 36.7. The van der Waals surface area contributed by atoms with E-state index in [1.54, 1.807) is 12.3 Å². The summed E-state index contributed by atoms with van der Waals surface area (Å²) >= 11 is 0. The van der Waals surface area contributed by atoms with E-state index in [-0.39, 0.29) is 0 Å². The Morgan fingerprint density at radius 3 is 2.67 bits per heavy atom. The highest BCUT2D eigenvalue weighted by atomic mass is 19.1. The minimum Gasteiger partial charge on any atom is -0.503 e. The van der Waals surface area contributed by atoms with Crippen molar-refractivity contribution in [3.8, 4) is 5.75 Å². The third-order valence-corrected chi connectivity index (χ3v) is 2.87. The summed E-state index contributed by atoms with van der Waals surface area (Å²) in [5.74, 6) is -2.06. The van der Waals surface area contributed by atoms with Gasteiger partial charge in [0, 0.05) is 13.2 Å². The fourth-order valence-electron chi connectivity index (χ4n) is 1.82. The Morgan fingerprint density at radius 1 is 1.24 bits per heavy atom. The van der Waals surface area contributed by atoms with Crippen LogP contribution in [0.5, 0.6) is 5.75 Å². The van der Waals surface area contributed by atoms with Crippen molar-refractivity contribution in [2.45, 2.75) is 19.6 Å². The maximum absolute atomic E-state index is 13.1. The topological polar surface area (TPSA) is 54.6 Å². The summed E-state index contributed by atoms with van der Waals surface area (Å²) in [6.45, 7) is 1.97. The molecular weight excluding hydrogens is 280 g/mol. The molecule has 0 spiro atoms. The summed E-state index contributed by atoms with van der Waals surface area (Å²) in [5, 5.41) is 12.0. The van der Waals surface area contributed by atoms with Crippen LogP contribution in [0.4, 0.5) is 8.78 Å². The third-order valence-electron chi connectivity index (χ3n) is 2.87. The van der Waals surface area contributed by atoms with Gasteiger partial charge in [0.25, 0.3) is 0 Å². The average Bonchev–Trinajstić information content (AvgIpc) is 2.97. The molecule has 2 rings (SSSR count). The second-order valence-electron chi connectivity index (χ2n) is 4.57. The molecule has 1 heterocycles. The lowest BCUT2D eigenvalue weighted by atomic mass is 10.2. The van der Waals surface area contributed by atoms with Gasteiger partial charge in [-0.2, -0.15) is 0 Å². The first-order valence-corrected chi connectivity index (χ1v) is 6.64. The Bertz CT molecular complexity index is 535. The van der Waals surface area contributed by atoms with Gasteiger partial charge in [0.1, 0.15) is 12.4 Å². The van der Waals surface area contributed by atoms with Crippen LogP contribution in [0, 0.1) is 11.6 Å². The molecule has 0 amide bonds. The van der Waals surface area contributed by atoms with Crippen molar-refractivity contribution in [3.63, 3.8) is 0 Å². The number of nitrogens with one attached hydrogen (secondary N) is 1. The molecule has 21 heavy (non-hydrogen) atoms. The molecular formula is C15H17F2NO3. The van der Waals surface area contributed by atoms with Gasteiger partial charge in [-0.15, -0.1) is 0 Å². The Hall–Kier alpha value is -1.92. The average molecular weight is 297 g/mol. The maximum Gasteiger partial charge on any atom is 0.187 e. The van der Waals surface area contributed by atoms with Gasteiger partial charge in [-0.3, -0.25) is 0 Å². The molecule has 0 bridgehead atoms. The van der Waals surface area contributed by atoms with E-state index >= 15 is 0 Å². The Balaban J connectivity index is 1.59. The van der Waals surface area contributed by atoms with Crippen LogP contribution in [0.2, 0.25) is 0 Å². The van der Waals surface area contributed by atoms with Crippen LogP contribution in [-0.2, 0) is 17.9 Å². The predicted molar refractivity (Wildman–Crippen MR) is 72.7 cm³/mol. The highest BCUT2D eigenvalue weighted by molar-refractivity contribution is 5.29. The van der Waals surface area contributed by atoms with Crippen molar-refractivity contribution in [2.75, 3.05) is 13.2 Å². The van der Waals surface area contributed by atoms with E-state index in [0.29, 0.717) is 31.9 Å². The number of hydrogen-bond acceptors (Lipinski definition) is 4. The summed E-state index contributed by atoms with van der Waals surface area (Å²) in [6, 6.07) is 5.86. The second-order valence-corrected chi connectivity index (χ2v) is 4.57. The number of ether oxygens (including phenoxy) is 1. The van der Waals surface area contributed by atoms with Crippen LogP contribution in [0.15, 0.2) is 34.9 Å². The fourth-order valence-corrected chi connectivity index (χ4v) is 1.82. The molecule has 0 aliphatic rings. The maximum atomic E-state index is 13.1. The van der Waals surface area contributed by atoms with E-state index in [1.807, 2.05) is 6.07 Å². The molecule has 2 N–H and O–H groups in total. The number of aromatic hydroxyl groups is 1. The minimum absolute atomic E-state index is 0.326. The highest BCUT2D eigenvalue weighted by Crippen LogP contribution is 2.21. The summed E-state index contributed by atoms with van der Waals surface area (Å²) in [6.07, 6.45) is 2.36. The largest absolute Gasteiger partial charge is 0.503 e. The molecule has 0 saturated heterocycles. The summed E-state index contributed by atoms with van der Waals surface area (Å²) in [7, 11) is 0. The number of phenols is 1. The number of rotatable bonds is 8. The number of phenolic OH excluding ortho intramolecular Hbond substituents is 1. The molecule has 0 radical (unpaired) electrons.